The second kappa shape index (κ2) is 5.74. The minimum atomic E-state index is -0.923. The molecule has 2 aromatic carbocycles. The number of benzene rings is 2. The molecule has 1 aromatic heterocycles. The lowest BCUT2D eigenvalue weighted by molar-refractivity contribution is 0.394. The van der Waals surface area contributed by atoms with E-state index < -0.39 is 11.7 Å². The van der Waals surface area contributed by atoms with Gasteiger partial charge in [-0.2, -0.15) is 5.26 Å². The maximum atomic E-state index is 14.5. The third-order valence-electron chi connectivity index (χ3n) is 4.68. The smallest absolute Gasteiger partial charge is 0.258 e. The van der Waals surface area contributed by atoms with Crippen molar-refractivity contribution < 1.29 is 9.13 Å². The van der Waals surface area contributed by atoms with Gasteiger partial charge in [0, 0.05) is 18.0 Å². The SMILES string of the molecule is Cn1c(=O)c2c(c3ccccc31)OC(N)=C(C#N)C2c1ccccc1F. The van der Waals surface area contributed by atoms with E-state index in [1.165, 1.54) is 10.6 Å². The molecule has 2 heterocycles. The van der Waals surface area contributed by atoms with E-state index in [0.717, 1.165) is 0 Å². The Bertz CT molecular complexity index is 1190. The van der Waals surface area contributed by atoms with E-state index in [1.807, 2.05) is 18.2 Å². The quantitative estimate of drug-likeness (QED) is 0.734. The molecule has 5 nitrogen and oxygen atoms in total. The van der Waals surface area contributed by atoms with Crippen LogP contribution in [-0.2, 0) is 7.05 Å². The van der Waals surface area contributed by atoms with Crippen molar-refractivity contribution >= 4 is 10.9 Å². The van der Waals surface area contributed by atoms with Crippen LogP contribution in [0.25, 0.3) is 10.9 Å². The van der Waals surface area contributed by atoms with Crippen molar-refractivity contribution in [2.45, 2.75) is 5.92 Å². The lowest BCUT2D eigenvalue weighted by Crippen LogP contribution is -2.31. The molecule has 0 radical (unpaired) electrons. The van der Waals surface area contributed by atoms with Gasteiger partial charge >= 0.3 is 0 Å². The van der Waals surface area contributed by atoms with Crippen molar-refractivity contribution in [3.63, 3.8) is 0 Å². The van der Waals surface area contributed by atoms with E-state index in [1.54, 1.807) is 37.4 Å². The minimum absolute atomic E-state index is 0.0231. The topological polar surface area (TPSA) is 81.0 Å². The molecule has 4 rings (SSSR count). The summed E-state index contributed by atoms with van der Waals surface area (Å²) in [4.78, 5) is 13.1. The predicted octanol–water partition coefficient (Wildman–Crippen LogP) is 2.90. The van der Waals surface area contributed by atoms with Gasteiger partial charge in [-0.25, -0.2) is 4.39 Å². The Labute approximate surface area is 148 Å². The van der Waals surface area contributed by atoms with Gasteiger partial charge in [0.1, 0.15) is 23.2 Å². The number of hydrogen-bond acceptors (Lipinski definition) is 4. The van der Waals surface area contributed by atoms with E-state index in [4.69, 9.17) is 10.5 Å². The van der Waals surface area contributed by atoms with Gasteiger partial charge in [-0.1, -0.05) is 30.3 Å². The number of halogens is 1. The predicted molar refractivity (Wildman–Crippen MR) is 94.9 cm³/mol. The largest absolute Gasteiger partial charge is 0.439 e. The van der Waals surface area contributed by atoms with E-state index in [9.17, 15) is 14.4 Å². The fourth-order valence-electron chi connectivity index (χ4n) is 3.45. The van der Waals surface area contributed by atoms with Crippen molar-refractivity contribution in [2.75, 3.05) is 0 Å². The molecule has 0 aliphatic carbocycles. The maximum absolute atomic E-state index is 14.5. The van der Waals surface area contributed by atoms with Gasteiger partial charge in [0.2, 0.25) is 5.88 Å². The fourth-order valence-corrected chi connectivity index (χ4v) is 3.45. The second-order valence-electron chi connectivity index (χ2n) is 6.07. The molecule has 0 bridgehead atoms. The molecule has 0 saturated heterocycles. The average Bonchev–Trinajstić information content (AvgIpc) is 2.65. The third kappa shape index (κ3) is 2.11. The fraction of sp³-hybridized carbons (Fsp3) is 0.100. The number of fused-ring (bicyclic) bond motifs is 3. The summed E-state index contributed by atoms with van der Waals surface area (Å²) in [6, 6.07) is 15.2. The summed E-state index contributed by atoms with van der Waals surface area (Å²) >= 11 is 0. The number of aromatic nitrogens is 1. The molecule has 0 spiro atoms. The van der Waals surface area contributed by atoms with Gasteiger partial charge in [0.05, 0.1) is 17.0 Å². The van der Waals surface area contributed by atoms with Crippen molar-refractivity contribution in [2.24, 2.45) is 12.8 Å². The molecule has 1 aliphatic heterocycles. The molecule has 0 fully saturated rings. The summed E-state index contributed by atoms with van der Waals surface area (Å²) in [7, 11) is 1.64. The van der Waals surface area contributed by atoms with Crippen LogP contribution < -0.4 is 16.0 Å². The zero-order chi connectivity index (χ0) is 18.4. The van der Waals surface area contributed by atoms with Crippen LogP contribution in [0.1, 0.15) is 17.0 Å². The zero-order valence-corrected chi connectivity index (χ0v) is 13.9. The first-order chi connectivity index (χ1) is 12.5. The first-order valence-corrected chi connectivity index (χ1v) is 7.98. The molecular formula is C20H14FN3O2. The third-order valence-corrected chi connectivity index (χ3v) is 4.68. The van der Waals surface area contributed by atoms with Gasteiger partial charge in [-0.15, -0.1) is 0 Å². The molecule has 1 unspecified atom stereocenters. The highest BCUT2D eigenvalue weighted by Gasteiger charge is 2.36. The molecule has 0 amide bonds. The highest BCUT2D eigenvalue weighted by molar-refractivity contribution is 5.88. The number of ether oxygens (including phenoxy) is 1. The minimum Gasteiger partial charge on any atom is -0.439 e. The van der Waals surface area contributed by atoms with Gasteiger partial charge in [0.15, 0.2) is 0 Å². The van der Waals surface area contributed by atoms with Crippen LogP contribution in [0.3, 0.4) is 0 Å². The molecule has 1 aliphatic rings. The molecule has 26 heavy (non-hydrogen) atoms. The average molecular weight is 347 g/mol. The highest BCUT2D eigenvalue weighted by atomic mass is 19.1. The summed E-state index contributed by atoms with van der Waals surface area (Å²) in [5, 5.41) is 10.3. The summed E-state index contributed by atoms with van der Waals surface area (Å²) in [6.07, 6.45) is 0. The van der Waals surface area contributed by atoms with E-state index in [0.29, 0.717) is 10.9 Å². The molecule has 1 atom stereocenters. The first-order valence-electron chi connectivity index (χ1n) is 7.98. The van der Waals surface area contributed by atoms with Crippen LogP contribution in [0.2, 0.25) is 0 Å². The van der Waals surface area contributed by atoms with Crippen LogP contribution in [0.4, 0.5) is 4.39 Å². The number of hydrogen-bond donors (Lipinski definition) is 1. The molecule has 2 N–H and O–H groups in total. The van der Waals surface area contributed by atoms with E-state index in [2.05, 4.69) is 0 Å². The Hall–Kier alpha value is -3.59. The number of aryl methyl sites for hydroxylation is 1. The van der Waals surface area contributed by atoms with Crippen molar-refractivity contribution in [1.29, 1.82) is 5.26 Å². The van der Waals surface area contributed by atoms with Crippen molar-refractivity contribution in [3.05, 3.63) is 87.3 Å². The van der Waals surface area contributed by atoms with Crippen LogP contribution in [0.15, 0.2) is 64.8 Å². The summed E-state index contributed by atoms with van der Waals surface area (Å²) in [6.45, 7) is 0. The Balaban J connectivity index is 2.16. The Morgan fingerprint density at radius 3 is 2.62 bits per heavy atom. The number of pyridine rings is 1. The van der Waals surface area contributed by atoms with Crippen molar-refractivity contribution in [1.82, 2.24) is 4.57 Å². The van der Waals surface area contributed by atoms with Gasteiger partial charge in [-0.05, 0) is 18.2 Å². The van der Waals surface area contributed by atoms with Crippen LogP contribution in [0, 0.1) is 17.1 Å². The zero-order valence-electron chi connectivity index (χ0n) is 13.9. The standard InChI is InChI=1S/C20H14FN3O2/c1-24-15-9-5-3-7-12(15)18-17(20(24)25)16(13(10-22)19(23)26-18)11-6-2-4-8-14(11)21/h2-9,16H,23H2,1H3. The normalized spacial score (nSPS) is 16.1. The number of nitrogens with zero attached hydrogens (tertiary/aromatic N) is 2. The van der Waals surface area contributed by atoms with E-state index >= 15 is 0 Å². The molecular weight excluding hydrogens is 333 g/mol. The Morgan fingerprint density at radius 1 is 1.19 bits per heavy atom. The Morgan fingerprint density at radius 2 is 1.88 bits per heavy atom. The first kappa shape index (κ1) is 15.9. The maximum Gasteiger partial charge on any atom is 0.258 e. The number of allylic oxidation sites excluding steroid dienone is 1. The monoisotopic (exact) mass is 347 g/mol. The van der Waals surface area contributed by atoms with Gasteiger partial charge in [0.25, 0.3) is 5.56 Å². The lowest BCUT2D eigenvalue weighted by Gasteiger charge is -2.27. The van der Waals surface area contributed by atoms with Crippen LogP contribution in [0.5, 0.6) is 5.75 Å². The van der Waals surface area contributed by atoms with Crippen molar-refractivity contribution in [3.8, 4) is 11.8 Å². The summed E-state index contributed by atoms with van der Waals surface area (Å²) in [5.41, 5.74) is 6.72. The number of nitrogens with two attached hydrogens (primary N) is 1. The second-order valence-corrected chi connectivity index (χ2v) is 6.07. The van der Waals surface area contributed by atoms with Crippen LogP contribution >= 0.6 is 0 Å². The van der Waals surface area contributed by atoms with Gasteiger partial charge in [-0.3, -0.25) is 4.79 Å². The summed E-state index contributed by atoms with van der Waals surface area (Å²) in [5.74, 6) is -1.28. The van der Waals surface area contributed by atoms with E-state index in [-0.39, 0.29) is 33.9 Å². The van der Waals surface area contributed by atoms with Crippen LogP contribution in [-0.4, -0.2) is 4.57 Å². The molecule has 128 valence electrons. The molecule has 0 saturated carbocycles. The lowest BCUT2D eigenvalue weighted by atomic mass is 9.83. The highest BCUT2D eigenvalue weighted by Crippen LogP contribution is 2.43. The number of nitriles is 1. The summed E-state index contributed by atoms with van der Waals surface area (Å²) < 4.78 is 21.7. The Kier molecular flexibility index (Phi) is 3.51. The molecule has 3 aromatic rings. The number of para-hydroxylation sites is 1. The molecule has 6 heteroatoms. The number of rotatable bonds is 1. The van der Waals surface area contributed by atoms with Gasteiger partial charge < -0.3 is 15.0 Å².